The van der Waals surface area contributed by atoms with Gasteiger partial charge in [-0.1, -0.05) is 0 Å². The lowest BCUT2D eigenvalue weighted by Crippen LogP contribution is -2.33. The molecule has 0 fully saturated rings. The fourth-order valence-corrected chi connectivity index (χ4v) is 4.13. The Bertz CT molecular complexity index is 556. The van der Waals surface area contributed by atoms with Gasteiger partial charge in [-0.25, -0.2) is 4.98 Å². The van der Waals surface area contributed by atoms with Crippen molar-refractivity contribution < 1.29 is 4.79 Å². The normalized spacial score (nSPS) is 11.0. The van der Waals surface area contributed by atoms with E-state index in [1.165, 1.54) is 23.1 Å². The summed E-state index contributed by atoms with van der Waals surface area (Å²) in [4.78, 5) is 19.8. The van der Waals surface area contributed by atoms with Crippen molar-refractivity contribution in [3.63, 3.8) is 0 Å². The van der Waals surface area contributed by atoms with Crippen molar-refractivity contribution in [3.8, 4) is 0 Å². The SMILES string of the molecule is CC(=O)NCCN(Cc1ccc(Br)s1)Cc1cnc(N)s1. The molecule has 2 aromatic heterocycles. The number of carbonyl (C=O) groups is 1. The van der Waals surface area contributed by atoms with Gasteiger partial charge in [0.1, 0.15) is 0 Å². The molecule has 0 unspecified atom stereocenters. The van der Waals surface area contributed by atoms with E-state index in [4.69, 9.17) is 5.73 Å². The van der Waals surface area contributed by atoms with Gasteiger partial charge in [0.25, 0.3) is 0 Å². The molecule has 5 nitrogen and oxygen atoms in total. The van der Waals surface area contributed by atoms with Crippen LogP contribution in [0.1, 0.15) is 16.7 Å². The maximum Gasteiger partial charge on any atom is 0.216 e. The number of nitrogen functional groups attached to an aromatic ring is 1. The molecule has 1 amide bonds. The van der Waals surface area contributed by atoms with Gasteiger partial charge in [-0.3, -0.25) is 9.69 Å². The zero-order valence-electron chi connectivity index (χ0n) is 11.6. The summed E-state index contributed by atoms with van der Waals surface area (Å²) in [5.41, 5.74) is 5.68. The van der Waals surface area contributed by atoms with Crippen molar-refractivity contribution in [2.45, 2.75) is 20.0 Å². The smallest absolute Gasteiger partial charge is 0.216 e. The number of thiophene rings is 1. The lowest BCUT2D eigenvalue weighted by molar-refractivity contribution is -0.119. The molecular weight excluding hydrogens is 372 g/mol. The second kappa shape index (κ2) is 7.88. The van der Waals surface area contributed by atoms with E-state index in [2.05, 4.69) is 43.3 Å². The van der Waals surface area contributed by atoms with E-state index >= 15 is 0 Å². The fraction of sp³-hybridized carbons (Fsp3) is 0.385. The number of anilines is 1. The first-order valence-corrected chi connectivity index (χ1v) is 8.86. The Balaban J connectivity index is 1.96. The van der Waals surface area contributed by atoms with Gasteiger partial charge in [-0.15, -0.1) is 22.7 Å². The highest BCUT2D eigenvalue weighted by Crippen LogP contribution is 2.24. The van der Waals surface area contributed by atoms with Gasteiger partial charge < -0.3 is 11.1 Å². The highest BCUT2D eigenvalue weighted by molar-refractivity contribution is 9.11. The number of hydrogen-bond donors (Lipinski definition) is 2. The van der Waals surface area contributed by atoms with Crippen LogP contribution in [0.15, 0.2) is 22.1 Å². The van der Waals surface area contributed by atoms with Crippen LogP contribution >= 0.6 is 38.6 Å². The highest BCUT2D eigenvalue weighted by Gasteiger charge is 2.11. The number of nitrogens with zero attached hydrogens (tertiary/aromatic N) is 2. The van der Waals surface area contributed by atoms with Crippen LogP contribution in [-0.2, 0) is 17.9 Å². The van der Waals surface area contributed by atoms with Gasteiger partial charge in [0, 0.05) is 49.1 Å². The van der Waals surface area contributed by atoms with E-state index in [1.807, 2.05) is 6.20 Å². The largest absolute Gasteiger partial charge is 0.375 e. The molecule has 114 valence electrons. The average molecular weight is 389 g/mol. The first-order valence-electron chi connectivity index (χ1n) is 6.44. The van der Waals surface area contributed by atoms with Gasteiger partial charge in [-0.2, -0.15) is 0 Å². The summed E-state index contributed by atoms with van der Waals surface area (Å²) in [6.07, 6.45) is 1.82. The standard InChI is InChI=1S/C13H17BrN4OS2/c1-9(19)16-4-5-18(7-10-2-3-12(14)20-10)8-11-6-17-13(15)21-11/h2-3,6H,4-5,7-8H2,1H3,(H2,15,17)(H,16,19). The topological polar surface area (TPSA) is 71.2 Å². The van der Waals surface area contributed by atoms with Crippen LogP contribution in [0, 0.1) is 0 Å². The number of halogens is 1. The molecule has 0 aliphatic rings. The molecule has 0 bridgehead atoms. The van der Waals surface area contributed by atoms with Crippen LogP contribution in [0.4, 0.5) is 5.13 Å². The van der Waals surface area contributed by atoms with Crippen molar-refractivity contribution >= 4 is 49.6 Å². The molecule has 0 atom stereocenters. The monoisotopic (exact) mass is 388 g/mol. The second-order valence-corrected chi connectivity index (χ2v) is 8.26. The van der Waals surface area contributed by atoms with Crippen molar-refractivity contribution in [1.29, 1.82) is 0 Å². The van der Waals surface area contributed by atoms with Crippen molar-refractivity contribution in [1.82, 2.24) is 15.2 Å². The average Bonchev–Trinajstić information content (AvgIpc) is 2.98. The minimum absolute atomic E-state index is 0.00384. The third-order valence-corrected chi connectivity index (χ3v) is 5.18. The van der Waals surface area contributed by atoms with Crippen LogP contribution in [0.5, 0.6) is 0 Å². The highest BCUT2D eigenvalue weighted by atomic mass is 79.9. The molecule has 2 rings (SSSR count). The number of carbonyl (C=O) groups excluding carboxylic acids is 1. The Morgan fingerprint density at radius 2 is 2.14 bits per heavy atom. The van der Waals surface area contributed by atoms with Crippen molar-refractivity contribution in [2.75, 3.05) is 18.8 Å². The van der Waals surface area contributed by atoms with Gasteiger partial charge >= 0.3 is 0 Å². The van der Waals surface area contributed by atoms with E-state index < -0.39 is 0 Å². The number of hydrogen-bond acceptors (Lipinski definition) is 6. The van der Waals surface area contributed by atoms with E-state index in [9.17, 15) is 4.79 Å². The van der Waals surface area contributed by atoms with E-state index in [1.54, 1.807) is 11.3 Å². The number of rotatable bonds is 7. The first kappa shape index (κ1) is 16.4. The number of thiazole rings is 1. The summed E-state index contributed by atoms with van der Waals surface area (Å²) in [5.74, 6) is -0.00384. The third-order valence-electron chi connectivity index (χ3n) is 2.76. The Hall–Kier alpha value is -0.960. The molecule has 2 aromatic rings. The summed E-state index contributed by atoms with van der Waals surface area (Å²) in [7, 11) is 0. The zero-order valence-corrected chi connectivity index (χ0v) is 14.9. The minimum Gasteiger partial charge on any atom is -0.375 e. The van der Waals surface area contributed by atoms with Crippen LogP contribution < -0.4 is 11.1 Å². The lowest BCUT2D eigenvalue weighted by Gasteiger charge is -2.20. The molecule has 0 radical (unpaired) electrons. The van der Waals surface area contributed by atoms with Gasteiger partial charge in [-0.05, 0) is 28.1 Å². The molecule has 0 saturated heterocycles. The Morgan fingerprint density at radius 1 is 1.38 bits per heavy atom. The molecule has 0 aliphatic heterocycles. The van der Waals surface area contributed by atoms with E-state index in [0.717, 1.165) is 28.3 Å². The first-order chi connectivity index (χ1) is 10.0. The maximum atomic E-state index is 11.0. The van der Waals surface area contributed by atoms with Crippen LogP contribution in [0.25, 0.3) is 0 Å². The molecular formula is C13H17BrN4OS2. The molecule has 0 saturated carbocycles. The van der Waals surface area contributed by atoms with Crippen LogP contribution in [0.2, 0.25) is 0 Å². The second-order valence-electron chi connectivity index (χ2n) is 4.56. The summed E-state index contributed by atoms with van der Waals surface area (Å²) >= 11 is 6.71. The quantitative estimate of drug-likeness (QED) is 0.764. The fourth-order valence-electron chi connectivity index (χ4n) is 1.88. The Morgan fingerprint density at radius 3 is 2.71 bits per heavy atom. The van der Waals surface area contributed by atoms with E-state index in [-0.39, 0.29) is 5.91 Å². The molecule has 0 aromatic carbocycles. The number of aromatic nitrogens is 1. The number of nitrogens with two attached hydrogens (primary N) is 1. The zero-order chi connectivity index (χ0) is 15.2. The molecule has 0 aliphatic carbocycles. The van der Waals surface area contributed by atoms with Crippen molar-refractivity contribution in [2.24, 2.45) is 0 Å². The Labute approximate surface area is 140 Å². The molecule has 0 spiro atoms. The van der Waals surface area contributed by atoms with Gasteiger partial charge in [0.2, 0.25) is 5.91 Å². The minimum atomic E-state index is -0.00384. The summed E-state index contributed by atoms with van der Waals surface area (Å²) in [5, 5.41) is 3.42. The summed E-state index contributed by atoms with van der Waals surface area (Å²) in [6.45, 7) is 4.57. The predicted molar refractivity (Wildman–Crippen MR) is 91.3 cm³/mol. The lowest BCUT2D eigenvalue weighted by atomic mass is 10.3. The predicted octanol–water partition coefficient (Wildman–Crippen LogP) is 2.69. The van der Waals surface area contributed by atoms with Crippen molar-refractivity contribution in [3.05, 3.63) is 31.9 Å². The molecule has 21 heavy (non-hydrogen) atoms. The molecule has 8 heteroatoms. The van der Waals surface area contributed by atoms with Gasteiger partial charge in [0.15, 0.2) is 5.13 Å². The third kappa shape index (κ3) is 5.74. The molecule has 2 heterocycles. The maximum absolute atomic E-state index is 11.0. The number of amides is 1. The van der Waals surface area contributed by atoms with Crippen LogP contribution in [-0.4, -0.2) is 28.9 Å². The Kier molecular flexibility index (Phi) is 6.16. The van der Waals surface area contributed by atoms with Crippen LogP contribution in [0.3, 0.4) is 0 Å². The number of nitrogens with one attached hydrogen (secondary N) is 1. The molecule has 3 N–H and O–H groups in total. The van der Waals surface area contributed by atoms with Gasteiger partial charge in [0.05, 0.1) is 3.79 Å². The summed E-state index contributed by atoms with van der Waals surface area (Å²) in [6, 6.07) is 4.16. The van der Waals surface area contributed by atoms with E-state index in [0.29, 0.717) is 11.7 Å². The summed E-state index contributed by atoms with van der Waals surface area (Å²) < 4.78 is 1.13.